The Kier molecular flexibility index (Phi) is 5.86. The largest absolute Gasteiger partial charge is 0.497 e. The van der Waals surface area contributed by atoms with E-state index in [4.69, 9.17) is 4.74 Å². The van der Waals surface area contributed by atoms with E-state index < -0.39 is 0 Å². The second-order valence-electron chi connectivity index (χ2n) is 5.74. The van der Waals surface area contributed by atoms with Crippen molar-refractivity contribution >= 4 is 0 Å². The summed E-state index contributed by atoms with van der Waals surface area (Å²) in [5.74, 6) is 1.81. The van der Waals surface area contributed by atoms with Gasteiger partial charge in [-0.2, -0.15) is 0 Å². The standard InChI is InChI=1S/C17H28N2O/c1-4-18-13-15-8-10-19(11-9-15)14(2)16-6-5-7-17(12-16)20-3/h5-7,12,14-15,18H,4,8-11,13H2,1-3H3. The Hall–Kier alpha value is -1.06. The van der Waals surface area contributed by atoms with Crippen LogP contribution in [0.2, 0.25) is 0 Å². The first-order chi connectivity index (χ1) is 9.74. The van der Waals surface area contributed by atoms with E-state index in [-0.39, 0.29) is 0 Å². The number of benzene rings is 1. The highest BCUT2D eigenvalue weighted by atomic mass is 16.5. The molecule has 0 amide bonds. The second kappa shape index (κ2) is 7.65. The van der Waals surface area contributed by atoms with Crippen molar-refractivity contribution in [1.29, 1.82) is 0 Å². The maximum Gasteiger partial charge on any atom is 0.119 e. The van der Waals surface area contributed by atoms with Crippen LogP contribution in [-0.4, -0.2) is 38.2 Å². The number of rotatable bonds is 6. The molecular weight excluding hydrogens is 248 g/mol. The molecular formula is C17H28N2O. The Bertz CT molecular complexity index is 400. The van der Waals surface area contributed by atoms with Crippen LogP contribution in [0, 0.1) is 5.92 Å². The lowest BCUT2D eigenvalue weighted by molar-refractivity contribution is 0.140. The van der Waals surface area contributed by atoms with E-state index in [0.717, 1.165) is 18.2 Å². The van der Waals surface area contributed by atoms with Crippen LogP contribution in [0.4, 0.5) is 0 Å². The van der Waals surface area contributed by atoms with E-state index in [1.165, 1.54) is 38.0 Å². The van der Waals surface area contributed by atoms with E-state index in [2.05, 4.69) is 42.3 Å². The van der Waals surface area contributed by atoms with Gasteiger partial charge in [-0.15, -0.1) is 0 Å². The van der Waals surface area contributed by atoms with Crippen LogP contribution < -0.4 is 10.1 Å². The first-order valence-corrected chi connectivity index (χ1v) is 7.83. The van der Waals surface area contributed by atoms with Crippen molar-refractivity contribution in [3.05, 3.63) is 29.8 Å². The molecule has 3 nitrogen and oxygen atoms in total. The fourth-order valence-electron chi connectivity index (χ4n) is 3.01. The van der Waals surface area contributed by atoms with Crippen LogP contribution in [0.5, 0.6) is 5.75 Å². The highest BCUT2D eigenvalue weighted by molar-refractivity contribution is 5.30. The van der Waals surface area contributed by atoms with Gasteiger partial charge in [-0.1, -0.05) is 19.1 Å². The lowest BCUT2D eigenvalue weighted by Gasteiger charge is -2.36. The lowest BCUT2D eigenvalue weighted by Crippen LogP contribution is -2.38. The highest BCUT2D eigenvalue weighted by Gasteiger charge is 2.23. The fourth-order valence-corrected chi connectivity index (χ4v) is 3.01. The summed E-state index contributed by atoms with van der Waals surface area (Å²) in [6.07, 6.45) is 2.61. The molecule has 1 N–H and O–H groups in total. The van der Waals surface area contributed by atoms with Crippen molar-refractivity contribution in [2.24, 2.45) is 5.92 Å². The van der Waals surface area contributed by atoms with Crippen LogP contribution >= 0.6 is 0 Å². The molecule has 1 unspecified atom stereocenters. The third-order valence-electron chi connectivity index (χ3n) is 4.46. The summed E-state index contributed by atoms with van der Waals surface area (Å²) < 4.78 is 5.33. The SMILES string of the molecule is CCNCC1CCN(C(C)c2cccc(OC)c2)CC1. The maximum absolute atomic E-state index is 5.33. The zero-order valence-electron chi connectivity index (χ0n) is 13.1. The molecule has 0 radical (unpaired) electrons. The molecule has 1 saturated heterocycles. The summed E-state index contributed by atoms with van der Waals surface area (Å²) in [6.45, 7) is 9.15. The molecule has 1 fully saturated rings. The second-order valence-corrected chi connectivity index (χ2v) is 5.74. The van der Waals surface area contributed by atoms with Gasteiger partial charge in [-0.3, -0.25) is 4.90 Å². The normalized spacial score (nSPS) is 18.9. The zero-order chi connectivity index (χ0) is 14.4. The molecule has 1 aromatic carbocycles. The monoisotopic (exact) mass is 276 g/mol. The number of nitrogens with zero attached hydrogens (tertiary/aromatic N) is 1. The van der Waals surface area contributed by atoms with Gasteiger partial charge in [-0.25, -0.2) is 0 Å². The average Bonchev–Trinajstić information content (AvgIpc) is 2.52. The van der Waals surface area contributed by atoms with Gasteiger partial charge in [0.2, 0.25) is 0 Å². The van der Waals surface area contributed by atoms with E-state index in [1.54, 1.807) is 7.11 Å². The van der Waals surface area contributed by atoms with Gasteiger partial charge < -0.3 is 10.1 Å². The molecule has 3 heteroatoms. The first-order valence-electron chi connectivity index (χ1n) is 7.83. The molecule has 1 atom stereocenters. The Labute approximate surface area is 123 Å². The molecule has 0 aliphatic carbocycles. The predicted octanol–water partition coefficient (Wildman–Crippen LogP) is 3.08. The number of nitrogens with one attached hydrogen (secondary N) is 1. The van der Waals surface area contributed by atoms with Crippen molar-refractivity contribution in [1.82, 2.24) is 10.2 Å². The Morgan fingerprint density at radius 3 is 2.75 bits per heavy atom. The predicted molar refractivity (Wildman–Crippen MR) is 84.2 cm³/mol. The van der Waals surface area contributed by atoms with Gasteiger partial charge in [0.05, 0.1) is 7.11 Å². The van der Waals surface area contributed by atoms with Crippen molar-refractivity contribution in [2.45, 2.75) is 32.7 Å². The minimum atomic E-state index is 0.477. The van der Waals surface area contributed by atoms with Crippen LogP contribution in [0.3, 0.4) is 0 Å². The van der Waals surface area contributed by atoms with Crippen molar-refractivity contribution in [3.63, 3.8) is 0 Å². The smallest absolute Gasteiger partial charge is 0.119 e. The molecule has 1 aliphatic heterocycles. The first kappa shape index (κ1) is 15.3. The molecule has 0 saturated carbocycles. The molecule has 112 valence electrons. The molecule has 0 bridgehead atoms. The topological polar surface area (TPSA) is 24.5 Å². The number of hydrogen-bond acceptors (Lipinski definition) is 3. The molecule has 2 rings (SSSR count). The Balaban J connectivity index is 1.89. The zero-order valence-corrected chi connectivity index (χ0v) is 13.1. The van der Waals surface area contributed by atoms with Gasteiger partial charge in [0.1, 0.15) is 5.75 Å². The summed E-state index contributed by atoms with van der Waals surface area (Å²) in [5, 5.41) is 3.47. The molecule has 1 aliphatic rings. The summed E-state index contributed by atoms with van der Waals surface area (Å²) >= 11 is 0. The summed E-state index contributed by atoms with van der Waals surface area (Å²) in [6, 6.07) is 8.94. The van der Waals surface area contributed by atoms with E-state index in [1.807, 2.05) is 6.07 Å². The van der Waals surface area contributed by atoms with Crippen molar-refractivity contribution < 1.29 is 4.74 Å². The van der Waals surface area contributed by atoms with Gasteiger partial charge in [-0.05, 0) is 69.6 Å². The van der Waals surface area contributed by atoms with Crippen LogP contribution in [-0.2, 0) is 0 Å². The van der Waals surface area contributed by atoms with Crippen molar-refractivity contribution in [2.75, 3.05) is 33.3 Å². The number of hydrogen-bond donors (Lipinski definition) is 1. The fraction of sp³-hybridized carbons (Fsp3) is 0.647. The minimum Gasteiger partial charge on any atom is -0.497 e. The van der Waals surface area contributed by atoms with E-state index >= 15 is 0 Å². The van der Waals surface area contributed by atoms with E-state index in [9.17, 15) is 0 Å². The minimum absolute atomic E-state index is 0.477. The number of piperidine rings is 1. The van der Waals surface area contributed by atoms with Crippen LogP contribution in [0.1, 0.15) is 38.3 Å². The molecule has 20 heavy (non-hydrogen) atoms. The summed E-state index contributed by atoms with van der Waals surface area (Å²) in [4.78, 5) is 2.59. The van der Waals surface area contributed by atoms with Gasteiger partial charge in [0.15, 0.2) is 0 Å². The molecule has 1 heterocycles. The highest BCUT2D eigenvalue weighted by Crippen LogP contribution is 2.28. The molecule has 0 aromatic heterocycles. The number of ether oxygens (including phenoxy) is 1. The van der Waals surface area contributed by atoms with Crippen LogP contribution in [0.25, 0.3) is 0 Å². The van der Waals surface area contributed by atoms with Crippen molar-refractivity contribution in [3.8, 4) is 5.75 Å². The molecule has 0 spiro atoms. The molecule has 1 aromatic rings. The number of likely N-dealkylation sites (tertiary alicyclic amines) is 1. The quantitative estimate of drug-likeness (QED) is 0.864. The van der Waals surface area contributed by atoms with Gasteiger partial charge in [0.25, 0.3) is 0 Å². The summed E-state index contributed by atoms with van der Waals surface area (Å²) in [5.41, 5.74) is 1.36. The average molecular weight is 276 g/mol. The Morgan fingerprint density at radius 2 is 2.10 bits per heavy atom. The van der Waals surface area contributed by atoms with Gasteiger partial charge >= 0.3 is 0 Å². The Morgan fingerprint density at radius 1 is 1.35 bits per heavy atom. The van der Waals surface area contributed by atoms with Gasteiger partial charge in [0, 0.05) is 6.04 Å². The summed E-state index contributed by atoms with van der Waals surface area (Å²) in [7, 11) is 1.73. The maximum atomic E-state index is 5.33. The number of methoxy groups -OCH3 is 1. The lowest BCUT2D eigenvalue weighted by atomic mass is 9.94. The van der Waals surface area contributed by atoms with E-state index in [0.29, 0.717) is 6.04 Å². The van der Waals surface area contributed by atoms with Crippen LogP contribution in [0.15, 0.2) is 24.3 Å². The third kappa shape index (κ3) is 3.97. The third-order valence-corrected chi connectivity index (χ3v) is 4.46.